The number of aliphatic hydroxyl groups is 1. The number of nitrogens with zero attached hydrogens (tertiary/aromatic N) is 1. The number of hydrogen-bond acceptors (Lipinski definition) is 4. The van der Waals surface area contributed by atoms with Crippen molar-refractivity contribution in [1.82, 2.24) is 9.88 Å². The molecule has 1 heterocycles. The van der Waals surface area contributed by atoms with Gasteiger partial charge in [0.1, 0.15) is 0 Å². The number of amides is 1. The number of thiazole rings is 1. The number of carbonyl (C=O) groups is 1. The minimum atomic E-state index is -0.0556. The second kappa shape index (κ2) is 7.45. The van der Waals surface area contributed by atoms with Crippen LogP contribution in [0, 0.1) is 19.8 Å². The van der Waals surface area contributed by atoms with E-state index >= 15 is 0 Å². The van der Waals surface area contributed by atoms with Crippen LogP contribution >= 0.6 is 11.3 Å². The third-order valence-electron chi connectivity index (χ3n) is 3.21. The maximum atomic E-state index is 11.7. The van der Waals surface area contributed by atoms with Gasteiger partial charge in [-0.15, -0.1) is 0 Å². The molecule has 2 N–H and O–H groups in total. The maximum Gasteiger partial charge on any atom is 0.307 e. The number of nitrogens with one attached hydrogen (secondary N) is 1. The van der Waals surface area contributed by atoms with Crippen molar-refractivity contribution in [2.45, 2.75) is 40.2 Å². The zero-order valence-corrected chi connectivity index (χ0v) is 12.5. The Morgan fingerprint density at radius 3 is 2.68 bits per heavy atom. The minimum Gasteiger partial charge on any atom is -0.396 e. The Bertz CT molecular complexity index is 479. The van der Waals surface area contributed by atoms with Crippen molar-refractivity contribution in [3.05, 3.63) is 20.2 Å². The molecule has 0 aliphatic heterocycles. The highest BCUT2D eigenvalue weighted by Crippen LogP contribution is 2.09. The second-order valence-corrected chi connectivity index (χ2v) is 6.00. The van der Waals surface area contributed by atoms with Crippen LogP contribution in [0.5, 0.6) is 0 Å². The highest BCUT2D eigenvalue weighted by atomic mass is 32.1. The molecule has 19 heavy (non-hydrogen) atoms. The Morgan fingerprint density at radius 1 is 1.47 bits per heavy atom. The number of rotatable bonds is 7. The summed E-state index contributed by atoms with van der Waals surface area (Å²) in [5.74, 6) is 0.210. The number of hydrogen-bond donors (Lipinski definition) is 2. The summed E-state index contributed by atoms with van der Waals surface area (Å²) in [6.45, 7) is 6.92. The predicted octanol–water partition coefficient (Wildman–Crippen LogP) is 1.05. The van der Waals surface area contributed by atoms with E-state index in [1.54, 1.807) is 4.57 Å². The van der Waals surface area contributed by atoms with E-state index in [0.29, 0.717) is 25.9 Å². The van der Waals surface area contributed by atoms with Crippen LogP contribution in [0.15, 0.2) is 4.79 Å². The van der Waals surface area contributed by atoms with Gasteiger partial charge in [0.2, 0.25) is 5.91 Å². The van der Waals surface area contributed by atoms with Crippen molar-refractivity contribution in [2.24, 2.45) is 5.92 Å². The first-order valence-electron chi connectivity index (χ1n) is 6.50. The smallest absolute Gasteiger partial charge is 0.307 e. The monoisotopic (exact) mass is 286 g/mol. The molecular weight excluding hydrogens is 264 g/mol. The molecule has 0 saturated heterocycles. The first-order chi connectivity index (χ1) is 8.95. The molecule has 1 atom stereocenters. The lowest BCUT2D eigenvalue weighted by Gasteiger charge is -2.11. The summed E-state index contributed by atoms with van der Waals surface area (Å²) in [6, 6.07) is 0. The van der Waals surface area contributed by atoms with Crippen molar-refractivity contribution in [3.8, 4) is 0 Å². The van der Waals surface area contributed by atoms with Gasteiger partial charge in [0.25, 0.3) is 0 Å². The summed E-state index contributed by atoms with van der Waals surface area (Å²) in [4.78, 5) is 24.3. The molecule has 1 rings (SSSR count). The molecule has 1 unspecified atom stereocenters. The van der Waals surface area contributed by atoms with Gasteiger partial charge in [-0.2, -0.15) is 0 Å². The number of carbonyl (C=O) groups excluding carboxylic acids is 1. The van der Waals surface area contributed by atoms with Gasteiger partial charge in [0.15, 0.2) is 0 Å². The molecule has 0 spiro atoms. The summed E-state index contributed by atoms with van der Waals surface area (Å²) >= 11 is 1.22. The largest absolute Gasteiger partial charge is 0.396 e. The van der Waals surface area contributed by atoms with Gasteiger partial charge < -0.3 is 15.0 Å². The van der Waals surface area contributed by atoms with Gasteiger partial charge >= 0.3 is 4.87 Å². The zero-order chi connectivity index (χ0) is 14.4. The number of aromatic nitrogens is 1. The van der Waals surface area contributed by atoms with Gasteiger partial charge in [-0.1, -0.05) is 18.3 Å². The van der Waals surface area contributed by atoms with E-state index in [4.69, 9.17) is 5.11 Å². The van der Waals surface area contributed by atoms with Crippen molar-refractivity contribution in [3.63, 3.8) is 0 Å². The summed E-state index contributed by atoms with van der Waals surface area (Å²) in [6.07, 6.45) is 0.991. The maximum absolute atomic E-state index is 11.7. The molecule has 0 fully saturated rings. The van der Waals surface area contributed by atoms with Gasteiger partial charge in [0.05, 0.1) is 0 Å². The molecule has 0 aromatic carbocycles. The van der Waals surface area contributed by atoms with Crippen molar-refractivity contribution in [1.29, 1.82) is 0 Å². The average Bonchev–Trinajstić information content (AvgIpc) is 2.59. The number of aliphatic hydroxyl groups excluding tert-OH is 1. The van der Waals surface area contributed by atoms with Crippen LogP contribution in [-0.2, 0) is 11.3 Å². The molecule has 0 aliphatic carbocycles. The normalized spacial score (nSPS) is 12.4. The average molecular weight is 286 g/mol. The standard InChI is InChI=1S/C13H22N2O3S/c1-9(5-7-16)8-14-12(17)4-6-15-10(2)11(3)19-13(15)18/h9,16H,4-8H2,1-3H3,(H,14,17). The van der Waals surface area contributed by atoms with Crippen LogP contribution in [0.4, 0.5) is 0 Å². The van der Waals surface area contributed by atoms with E-state index in [1.165, 1.54) is 11.3 Å². The summed E-state index contributed by atoms with van der Waals surface area (Å²) < 4.78 is 1.65. The van der Waals surface area contributed by atoms with E-state index in [0.717, 1.165) is 10.6 Å². The van der Waals surface area contributed by atoms with E-state index in [1.807, 2.05) is 20.8 Å². The summed E-state index contributed by atoms with van der Waals surface area (Å²) in [5, 5.41) is 11.6. The fourth-order valence-electron chi connectivity index (χ4n) is 1.76. The lowest BCUT2D eigenvalue weighted by atomic mass is 10.1. The topological polar surface area (TPSA) is 71.3 Å². The van der Waals surface area contributed by atoms with E-state index in [-0.39, 0.29) is 23.3 Å². The highest BCUT2D eigenvalue weighted by Gasteiger charge is 2.10. The zero-order valence-electron chi connectivity index (χ0n) is 11.7. The third kappa shape index (κ3) is 4.80. The molecule has 108 valence electrons. The molecule has 0 bridgehead atoms. The van der Waals surface area contributed by atoms with E-state index in [9.17, 15) is 9.59 Å². The SMILES string of the molecule is Cc1sc(=O)n(CCC(=O)NCC(C)CCO)c1C. The van der Waals surface area contributed by atoms with E-state index in [2.05, 4.69) is 5.32 Å². The minimum absolute atomic E-state index is 0.00329. The lowest BCUT2D eigenvalue weighted by Crippen LogP contribution is -2.30. The second-order valence-electron chi connectivity index (χ2n) is 4.83. The van der Waals surface area contributed by atoms with Crippen molar-refractivity contribution < 1.29 is 9.90 Å². The molecule has 0 radical (unpaired) electrons. The number of aryl methyl sites for hydroxylation is 1. The first-order valence-corrected chi connectivity index (χ1v) is 7.31. The fourth-order valence-corrected chi connectivity index (χ4v) is 2.62. The quantitative estimate of drug-likeness (QED) is 0.787. The van der Waals surface area contributed by atoms with Crippen molar-refractivity contribution >= 4 is 17.2 Å². The van der Waals surface area contributed by atoms with Gasteiger partial charge in [-0.05, 0) is 26.2 Å². The Kier molecular flexibility index (Phi) is 6.24. The molecule has 0 saturated carbocycles. The Hall–Kier alpha value is -1.14. The first kappa shape index (κ1) is 15.9. The Morgan fingerprint density at radius 2 is 2.16 bits per heavy atom. The third-order valence-corrected chi connectivity index (χ3v) is 4.20. The fraction of sp³-hybridized carbons (Fsp3) is 0.692. The molecule has 1 amide bonds. The van der Waals surface area contributed by atoms with Gasteiger partial charge in [-0.25, -0.2) is 0 Å². The van der Waals surface area contributed by atoms with Crippen LogP contribution in [-0.4, -0.2) is 28.7 Å². The highest BCUT2D eigenvalue weighted by molar-refractivity contribution is 7.09. The van der Waals surface area contributed by atoms with Crippen LogP contribution in [0.1, 0.15) is 30.3 Å². The van der Waals surface area contributed by atoms with Gasteiger partial charge in [0, 0.05) is 36.7 Å². The van der Waals surface area contributed by atoms with Crippen LogP contribution in [0.25, 0.3) is 0 Å². The van der Waals surface area contributed by atoms with Gasteiger partial charge in [-0.3, -0.25) is 9.59 Å². The predicted molar refractivity (Wildman–Crippen MR) is 76.5 cm³/mol. The Labute approximate surface area is 117 Å². The molecule has 0 aliphatic rings. The molecule has 1 aromatic heterocycles. The van der Waals surface area contributed by atoms with E-state index < -0.39 is 0 Å². The molecule has 1 aromatic rings. The molecule has 5 nitrogen and oxygen atoms in total. The summed E-state index contributed by atoms with van der Waals surface area (Å²) in [7, 11) is 0. The molecular formula is C13H22N2O3S. The van der Waals surface area contributed by atoms with Crippen LogP contribution in [0.3, 0.4) is 0 Å². The lowest BCUT2D eigenvalue weighted by molar-refractivity contribution is -0.121. The van der Waals surface area contributed by atoms with Crippen molar-refractivity contribution in [2.75, 3.05) is 13.2 Å². The summed E-state index contributed by atoms with van der Waals surface area (Å²) in [5.41, 5.74) is 0.941. The van der Waals surface area contributed by atoms with Crippen LogP contribution < -0.4 is 10.2 Å². The van der Waals surface area contributed by atoms with Crippen LogP contribution in [0.2, 0.25) is 0 Å². The molecule has 6 heteroatoms. The Balaban J connectivity index is 2.40.